The molecule has 0 bridgehead atoms. The van der Waals surface area contributed by atoms with Crippen molar-refractivity contribution in [3.8, 4) is 12.1 Å². The molecule has 25 heavy (non-hydrogen) atoms. The summed E-state index contributed by atoms with van der Waals surface area (Å²) >= 11 is 0. The molecule has 0 aliphatic carbocycles. The third-order valence-electron chi connectivity index (χ3n) is 4.10. The van der Waals surface area contributed by atoms with Crippen molar-refractivity contribution in [1.82, 2.24) is 0 Å². The van der Waals surface area contributed by atoms with Gasteiger partial charge in [-0.25, -0.2) is 0 Å². The van der Waals surface area contributed by atoms with Crippen LogP contribution in [-0.4, -0.2) is 24.6 Å². The monoisotopic (exact) mass is 334 g/mol. The number of nitro benzene ring substituents is 1. The highest BCUT2D eigenvalue weighted by Crippen LogP contribution is 2.33. The van der Waals surface area contributed by atoms with E-state index >= 15 is 0 Å². The van der Waals surface area contributed by atoms with Crippen LogP contribution < -0.4 is 4.90 Å². The topological polar surface area (TPSA) is 103 Å². The van der Waals surface area contributed by atoms with E-state index in [1.807, 2.05) is 17.0 Å². The Kier molecular flexibility index (Phi) is 4.60. The zero-order valence-electron chi connectivity index (χ0n) is 13.3. The van der Waals surface area contributed by atoms with Crippen LogP contribution in [0.1, 0.15) is 22.8 Å². The van der Waals surface area contributed by atoms with E-state index in [9.17, 15) is 10.1 Å². The first kappa shape index (κ1) is 16.4. The summed E-state index contributed by atoms with van der Waals surface area (Å²) in [7, 11) is 0. The Labute approximate surface area is 144 Å². The van der Waals surface area contributed by atoms with Crippen molar-refractivity contribution in [2.24, 2.45) is 0 Å². The van der Waals surface area contributed by atoms with Crippen molar-refractivity contribution in [2.75, 3.05) is 24.6 Å². The first-order valence-electron chi connectivity index (χ1n) is 7.67. The van der Waals surface area contributed by atoms with Gasteiger partial charge in [-0.15, -0.1) is 0 Å². The average Bonchev–Trinajstić information content (AvgIpc) is 2.67. The predicted molar refractivity (Wildman–Crippen MR) is 89.9 cm³/mol. The number of ether oxygens (including phenoxy) is 1. The normalized spacial score (nSPS) is 16.7. The second kappa shape index (κ2) is 7.00. The maximum atomic E-state index is 11.3. The van der Waals surface area contributed by atoms with E-state index in [2.05, 4.69) is 6.07 Å². The van der Waals surface area contributed by atoms with Crippen molar-refractivity contribution >= 4 is 11.4 Å². The van der Waals surface area contributed by atoms with Gasteiger partial charge in [0.05, 0.1) is 34.8 Å². The molecule has 0 aromatic heterocycles. The molecule has 0 amide bonds. The van der Waals surface area contributed by atoms with E-state index in [4.69, 9.17) is 15.3 Å². The highest BCUT2D eigenvalue weighted by Gasteiger charge is 2.27. The summed E-state index contributed by atoms with van der Waals surface area (Å²) in [6, 6.07) is 15.6. The molecule has 2 aromatic carbocycles. The van der Waals surface area contributed by atoms with Crippen LogP contribution in [0.5, 0.6) is 0 Å². The smallest absolute Gasteiger partial charge is 0.292 e. The molecule has 1 unspecified atom stereocenters. The Morgan fingerprint density at radius 1 is 1.16 bits per heavy atom. The molecule has 1 atom stereocenters. The highest BCUT2D eigenvalue weighted by molar-refractivity contribution is 5.66. The SMILES string of the molecule is N#Cc1cccc(C2CN(c3cc(C#N)ccc3[N+](=O)[O-])CCO2)c1. The molecule has 7 heteroatoms. The van der Waals surface area contributed by atoms with Gasteiger partial charge in [0.1, 0.15) is 11.8 Å². The minimum absolute atomic E-state index is 0.0366. The number of nitriles is 2. The van der Waals surface area contributed by atoms with Crippen LogP contribution in [-0.2, 0) is 4.74 Å². The predicted octanol–water partition coefficient (Wildman–Crippen LogP) is 2.92. The summed E-state index contributed by atoms with van der Waals surface area (Å²) in [5, 5.41) is 29.5. The second-order valence-electron chi connectivity index (χ2n) is 5.62. The molecule has 0 radical (unpaired) electrons. The molecule has 7 nitrogen and oxygen atoms in total. The molecule has 0 spiro atoms. The second-order valence-corrected chi connectivity index (χ2v) is 5.62. The first-order chi connectivity index (χ1) is 12.1. The van der Waals surface area contributed by atoms with Crippen molar-refractivity contribution in [2.45, 2.75) is 6.10 Å². The fraction of sp³-hybridized carbons (Fsp3) is 0.222. The van der Waals surface area contributed by atoms with Gasteiger partial charge in [0, 0.05) is 19.2 Å². The number of anilines is 1. The molecule has 1 fully saturated rings. The lowest BCUT2D eigenvalue weighted by molar-refractivity contribution is -0.384. The fourth-order valence-electron chi connectivity index (χ4n) is 2.88. The molecule has 0 N–H and O–H groups in total. The molecule has 0 saturated carbocycles. The summed E-state index contributed by atoms with van der Waals surface area (Å²) in [5.74, 6) is 0. The molecular weight excluding hydrogens is 320 g/mol. The van der Waals surface area contributed by atoms with E-state index in [1.165, 1.54) is 18.2 Å². The van der Waals surface area contributed by atoms with E-state index in [1.54, 1.807) is 18.2 Å². The van der Waals surface area contributed by atoms with E-state index in [0.29, 0.717) is 36.5 Å². The largest absolute Gasteiger partial charge is 0.370 e. The van der Waals surface area contributed by atoms with Crippen LogP contribution in [0.25, 0.3) is 0 Å². The summed E-state index contributed by atoms with van der Waals surface area (Å²) in [4.78, 5) is 12.7. The highest BCUT2D eigenvalue weighted by atomic mass is 16.6. The Morgan fingerprint density at radius 2 is 1.92 bits per heavy atom. The van der Waals surface area contributed by atoms with Gasteiger partial charge in [-0.1, -0.05) is 12.1 Å². The quantitative estimate of drug-likeness (QED) is 0.631. The van der Waals surface area contributed by atoms with Gasteiger partial charge in [0.25, 0.3) is 5.69 Å². The van der Waals surface area contributed by atoms with Crippen LogP contribution in [0.4, 0.5) is 11.4 Å². The minimum atomic E-state index is -0.447. The lowest BCUT2D eigenvalue weighted by Crippen LogP contribution is -2.38. The van der Waals surface area contributed by atoms with Crippen LogP contribution >= 0.6 is 0 Å². The van der Waals surface area contributed by atoms with E-state index < -0.39 is 4.92 Å². The zero-order valence-corrected chi connectivity index (χ0v) is 13.3. The third kappa shape index (κ3) is 3.42. The van der Waals surface area contributed by atoms with Gasteiger partial charge in [-0.3, -0.25) is 10.1 Å². The lowest BCUT2D eigenvalue weighted by Gasteiger charge is -2.34. The fourth-order valence-corrected chi connectivity index (χ4v) is 2.88. The molecule has 1 saturated heterocycles. The number of benzene rings is 2. The van der Waals surface area contributed by atoms with Crippen LogP contribution in [0.15, 0.2) is 42.5 Å². The number of morpholine rings is 1. The number of nitrogens with zero attached hydrogens (tertiary/aromatic N) is 4. The molecule has 1 heterocycles. The molecule has 3 rings (SSSR count). The Bertz CT molecular complexity index is 898. The van der Waals surface area contributed by atoms with Crippen molar-refractivity contribution < 1.29 is 9.66 Å². The molecule has 1 aliphatic rings. The van der Waals surface area contributed by atoms with Gasteiger partial charge in [-0.2, -0.15) is 10.5 Å². The van der Waals surface area contributed by atoms with Gasteiger partial charge in [0.2, 0.25) is 0 Å². The van der Waals surface area contributed by atoms with Gasteiger partial charge >= 0.3 is 0 Å². The Hall–Kier alpha value is -3.42. The van der Waals surface area contributed by atoms with Crippen molar-refractivity contribution in [3.63, 3.8) is 0 Å². The van der Waals surface area contributed by atoms with Crippen molar-refractivity contribution in [3.05, 3.63) is 69.3 Å². The molecule has 124 valence electrons. The summed E-state index contributed by atoms with van der Waals surface area (Å²) in [5.41, 5.74) is 2.13. The molecule has 1 aliphatic heterocycles. The van der Waals surface area contributed by atoms with Gasteiger partial charge in [0.15, 0.2) is 0 Å². The van der Waals surface area contributed by atoms with Crippen LogP contribution in [0.2, 0.25) is 0 Å². The summed E-state index contributed by atoms with van der Waals surface area (Å²) in [6.45, 7) is 1.30. The number of hydrogen-bond acceptors (Lipinski definition) is 6. The third-order valence-corrected chi connectivity index (χ3v) is 4.10. The maximum Gasteiger partial charge on any atom is 0.292 e. The van der Waals surface area contributed by atoms with Crippen LogP contribution in [0.3, 0.4) is 0 Å². The minimum Gasteiger partial charge on any atom is -0.370 e. The van der Waals surface area contributed by atoms with Gasteiger partial charge < -0.3 is 9.64 Å². The summed E-state index contributed by atoms with van der Waals surface area (Å²) in [6.07, 6.45) is -0.299. The number of hydrogen-bond donors (Lipinski definition) is 0. The average molecular weight is 334 g/mol. The Morgan fingerprint density at radius 3 is 2.64 bits per heavy atom. The standard InChI is InChI=1S/C18H14N4O3/c19-10-13-2-1-3-15(8-13)18-12-21(6-7-25-18)17-9-14(11-20)4-5-16(17)22(23)24/h1-5,8-9,18H,6-7,12H2. The lowest BCUT2D eigenvalue weighted by atomic mass is 10.0. The van der Waals surface area contributed by atoms with Gasteiger partial charge in [-0.05, 0) is 29.8 Å². The first-order valence-corrected chi connectivity index (χ1v) is 7.67. The molecular formula is C18H14N4O3. The Balaban J connectivity index is 1.93. The summed E-state index contributed by atoms with van der Waals surface area (Å²) < 4.78 is 5.79. The van der Waals surface area contributed by atoms with E-state index in [-0.39, 0.29) is 11.8 Å². The zero-order chi connectivity index (χ0) is 17.8. The maximum absolute atomic E-state index is 11.3. The molecule has 2 aromatic rings. The van der Waals surface area contributed by atoms with Crippen LogP contribution in [0, 0.1) is 32.8 Å². The number of nitro groups is 1. The van der Waals surface area contributed by atoms with E-state index in [0.717, 1.165) is 5.56 Å². The van der Waals surface area contributed by atoms with Crippen molar-refractivity contribution in [1.29, 1.82) is 10.5 Å². The number of rotatable bonds is 3.